The molecule has 0 aliphatic rings. The molecule has 4 aromatic rings. The Labute approximate surface area is 206 Å². The van der Waals surface area contributed by atoms with Crippen molar-refractivity contribution in [3.05, 3.63) is 91.4 Å². The lowest BCUT2D eigenvalue weighted by Gasteiger charge is -2.15. The third kappa shape index (κ3) is 4.23. The number of methoxy groups -OCH3 is 1. The summed E-state index contributed by atoms with van der Waals surface area (Å²) in [5.41, 5.74) is 0.413. The van der Waals surface area contributed by atoms with Crippen molar-refractivity contribution in [2.45, 2.75) is 4.90 Å². The van der Waals surface area contributed by atoms with Crippen LogP contribution < -0.4 is 14.5 Å². The molecule has 1 aromatic heterocycles. The minimum atomic E-state index is -2.28. The van der Waals surface area contributed by atoms with Gasteiger partial charge in [-0.05, 0) is 52.3 Å². The third-order valence-corrected chi connectivity index (χ3v) is 6.61. The predicted molar refractivity (Wildman–Crippen MR) is 122 cm³/mol. The Hall–Kier alpha value is -2.76. The molecule has 0 spiro atoms. The van der Waals surface area contributed by atoms with Crippen LogP contribution in [0.25, 0.3) is 16.6 Å². The van der Waals surface area contributed by atoms with E-state index in [0.29, 0.717) is 43.9 Å². The van der Waals surface area contributed by atoms with Crippen LogP contribution in [0.1, 0.15) is 0 Å². The van der Waals surface area contributed by atoms with Crippen LogP contribution in [0.5, 0.6) is 11.5 Å². The SMILES string of the molecule is COc1cc(Br)c(Cl)cc1-n1c(=O)ccc2cc(SOc3c(F)c(F)c(F)c(F)c3F)ccc21. The Balaban J connectivity index is 1.75. The molecule has 0 atom stereocenters. The molecule has 4 nitrogen and oxygen atoms in total. The Kier molecular flexibility index (Phi) is 6.79. The molecule has 0 saturated heterocycles. The minimum absolute atomic E-state index is 0.266. The zero-order valence-corrected chi connectivity index (χ0v) is 19.9. The monoisotopic (exact) mass is 577 g/mol. The standard InChI is InChI=1S/C22H10BrClF5NO3S/c1-32-15-7-11(23)12(24)8-14(15)30-13-4-3-10(6-9(13)2-5-16(30)31)34-33-22-20(28)18(26)17(25)19(27)21(22)29/h2-8H,1H3. The van der Waals surface area contributed by atoms with Gasteiger partial charge in [-0.1, -0.05) is 11.6 Å². The van der Waals surface area contributed by atoms with Crippen molar-refractivity contribution < 1.29 is 30.9 Å². The molecule has 0 fully saturated rings. The maximum atomic E-state index is 13.9. The second-order valence-corrected chi connectivity index (χ2v) is 8.80. The number of pyridine rings is 1. The Bertz CT molecular complexity index is 1490. The summed E-state index contributed by atoms with van der Waals surface area (Å²) in [5, 5.41) is 0.842. The van der Waals surface area contributed by atoms with Crippen LogP contribution in [0.15, 0.2) is 56.6 Å². The topological polar surface area (TPSA) is 40.5 Å². The van der Waals surface area contributed by atoms with Gasteiger partial charge in [0.2, 0.25) is 34.8 Å². The van der Waals surface area contributed by atoms with Gasteiger partial charge in [0.15, 0.2) is 0 Å². The highest BCUT2D eigenvalue weighted by molar-refractivity contribution is 9.10. The zero-order valence-electron chi connectivity index (χ0n) is 16.8. The molecule has 0 saturated carbocycles. The highest BCUT2D eigenvalue weighted by atomic mass is 79.9. The van der Waals surface area contributed by atoms with Gasteiger partial charge in [0.1, 0.15) is 5.75 Å². The number of fused-ring (bicyclic) bond motifs is 1. The number of ether oxygens (including phenoxy) is 1. The van der Waals surface area contributed by atoms with Crippen molar-refractivity contribution in [1.29, 1.82) is 0 Å². The van der Waals surface area contributed by atoms with Crippen molar-refractivity contribution in [3.63, 3.8) is 0 Å². The highest BCUT2D eigenvalue weighted by Crippen LogP contribution is 2.36. The van der Waals surface area contributed by atoms with Gasteiger partial charge in [0.05, 0.1) is 35.4 Å². The van der Waals surface area contributed by atoms with E-state index in [-0.39, 0.29) is 10.5 Å². The van der Waals surface area contributed by atoms with E-state index in [2.05, 4.69) is 15.9 Å². The third-order valence-electron chi connectivity index (χ3n) is 4.72. The van der Waals surface area contributed by atoms with Crippen LogP contribution in [0.4, 0.5) is 22.0 Å². The van der Waals surface area contributed by atoms with Crippen molar-refractivity contribution in [3.8, 4) is 17.2 Å². The molecular weight excluding hydrogens is 569 g/mol. The summed E-state index contributed by atoms with van der Waals surface area (Å²) < 4.78 is 79.8. The first-order chi connectivity index (χ1) is 16.1. The zero-order chi connectivity index (χ0) is 24.7. The highest BCUT2D eigenvalue weighted by Gasteiger charge is 2.27. The van der Waals surface area contributed by atoms with Crippen LogP contribution in [-0.2, 0) is 0 Å². The smallest absolute Gasteiger partial charge is 0.255 e. The number of benzene rings is 3. The van der Waals surface area contributed by atoms with Crippen LogP contribution in [0.3, 0.4) is 0 Å². The van der Waals surface area contributed by atoms with E-state index < -0.39 is 34.8 Å². The normalized spacial score (nSPS) is 11.2. The van der Waals surface area contributed by atoms with Crippen molar-refractivity contribution in [2.24, 2.45) is 0 Å². The van der Waals surface area contributed by atoms with Gasteiger partial charge < -0.3 is 8.92 Å². The molecular formula is C22H10BrClF5NO3S. The van der Waals surface area contributed by atoms with E-state index in [1.54, 1.807) is 12.1 Å². The van der Waals surface area contributed by atoms with Gasteiger partial charge in [-0.25, -0.2) is 13.2 Å². The van der Waals surface area contributed by atoms with E-state index >= 15 is 0 Å². The largest absolute Gasteiger partial charge is 0.495 e. The average Bonchev–Trinajstić information content (AvgIpc) is 2.83. The number of hydrogen-bond acceptors (Lipinski definition) is 4. The maximum Gasteiger partial charge on any atom is 0.255 e. The fourth-order valence-electron chi connectivity index (χ4n) is 3.13. The van der Waals surface area contributed by atoms with E-state index in [4.69, 9.17) is 20.5 Å². The fraction of sp³-hybridized carbons (Fsp3) is 0.0455. The Morgan fingerprint density at radius 2 is 1.56 bits per heavy atom. The number of aromatic nitrogens is 1. The Morgan fingerprint density at radius 1 is 0.912 bits per heavy atom. The van der Waals surface area contributed by atoms with Crippen LogP contribution in [0.2, 0.25) is 5.02 Å². The first-order valence-electron chi connectivity index (χ1n) is 9.19. The molecule has 3 aromatic carbocycles. The molecule has 0 aliphatic carbocycles. The van der Waals surface area contributed by atoms with Gasteiger partial charge in [-0.2, -0.15) is 8.78 Å². The lowest BCUT2D eigenvalue weighted by Crippen LogP contribution is -2.18. The van der Waals surface area contributed by atoms with Gasteiger partial charge in [-0.3, -0.25) is 9.36 Å². The summed E-state index contributed by atoms with van der Waals surface area (Å²) in [7, 11) is 1.43. The van der Waals surface area contributed by atoms with Gasteiger partial charge in [0, 0.05) is 20.8 Å². The summed E-state index contributed by atoms with van der Waals surface area (Å²) in [4.78, 5) is 13.0. The minimum Gasteiger partial charge on any atom is -0.495 e. The fourth-order valence-corrected chi connectivity index (χ4v) is 4.23. The van der Waals surface area contributed by atoms with E-state index in [9.17, 15) is 26.7 Å². The second-order valence-electron chi connectivity index (χ2n) is 6.73. The average molecular weight is 579 g/mol. The number of nitrogens with zero attached hydrogens (tertiary/aromatic N) is 1. The molecule has 176 valence electrons. The summed E-state index contributed by atoms with van der Waals surface area (Å²) in [5.74, 6) is -11.7. The summed E-state index contributed by atoms with van der Waals surface area (Å²) in [6.07, 6.45) is 0. The molecule has 0 aliphatic heterocycles. The van der Waals surface area contributed by atoms with E-state index in [1.807, 2.05) is 0 Å². The van der Waals surface area contributed by atoms with Crippen LogP contribution >= 0.6 is 39.6 Å². The van der Waals surface area contributed by atoms with E-state index in [0.717, 1.165) is 0 Å². The maximum absolute atomic E-state index is 13.9. The summed E-state index contributed by atoms with van der Waals surface area (Å²) >= 11 is 9.88. The van der Waals surface area contributed by atoms with Crippen LogP contribution in [-0.4, -0.2) is 11.7 Å². The molecule has 34 heavy (non-hydrogen) atoms. The lowest BCUT2D eigenvalue weighted by atomic mass is 10.2. The molecule has 0 unspecified atom stereocenters. The number of rotatable bonds is 5. The first kappa shape index (κ1) is 24.4. The first-order valence-corrected chi connectivity index (χ1v) is 11.1. The number of hydrogen-bond donors (Lipinski definition) is 0. The predicted octanol–water partition coefficient (Wildman–Crippen LogP) is 7.20. The van der Waals surface area contributed by atoms with Gasteiger partial charge in [-0.15, -0.1) is 0 Å². The summed E-state index contributed by atoms with van der Waals surface area (Å²) in [6.45, 7) is 0. The lowest BCUT2D eigenvalue weighted by molar-refractivity contribution is 0.355. The van der Waals surface area contributed by atoms with Crippen molar-refractivity contribution in [2.75, 3.05) is 7.11 Å². The molecule has 1 heterocycles. The van der Waals surface area contributed by atoms with Crippen molar-refractivity contribution in [1.82, 2.24) is 4.57 Å². The molecule has 0 bridgehead atoms. The molecule has 4 rings (SSSR count). The van der Waals surface area contributed by atoms with E-state index in [1.165, 1.54) is 42.0 Å². The quantitative estimate of drug-likeness (QED) is 0.109. The molecule has 0 N–H and O–H groups in total. The second kappa shape index (κ2) is 9.47. The van der Waals surface area contributed by atoms with Crippen molar-refractivity contribution >= 4 is 50.5 Å². The van der Waals surface area contributed by atoms with Crippen LogP contribution in [0, 0.1) is 29.1 Å². The molecule has 0 radical (unpaired) electrons. The van der Waals surface area contributed by atoms with Gasteiger partial charge in [0.25, 0.3) is 5.56 Å². The number of halogens is 7. The molecule has 12 heteroatoms. The Morgan fingerprint density at radius 3 is 2.21 bits per heavy atom. The summed E-state index contributed by atoms with van der Waals surface area (Å²) in [6, 6.07) is 10.4. The van der Waals surface area contributed by atoms with Gasteiger partial charge >= 0.3 is 0 Å². The molecule has 0 amide bonds.